The molecule has 7 heteroatoms. The number of hydrogen-bond acceptors (Lipinski definition) is 4. The molecule has 2 saturated heterocycles. The molecule has 2 heterocycles. The molecule has 2 rings (SSSR count). The van der Waals surface area contributed by atoms with Crippen molar-refractivity contribution in [1.29, 1.82) is 0 Å². The molecular formula is C15H32Cl2N4O. The summed E-state index contributed by atoms with van der Waals surface area (Å²) >= 11 is 0. The van der Waals surface area contributed by atoms with E-state index >= 15 is 0 Å². The quantitative estimate of drug-likeness (QED) is 0.801. The van der Waals surface area contributed by atoms with Crippen LogP contribution in [0.1, 0.15) is 26.2 Å². The molecule has 0 radical (unpaired) electrons. The van der Waals surface area contributed by atoms with Crippen LogP contribution in [0.25, 0.3) is 0 Å². The highest BCUT2D eigenvalue weighted by Crippen LogP contribution is 2.15. The van der Waals surface area contributed by atoms with Gasteiger partial charge < -0.3 is 20.0 Å². The zero-order chi connectivity index (χ0) is 14.4. The van der Waals surface area contributed by atoms with Crippen LogP contribution in [0.5, 0.6) is 0 Å². The van der Waals surface area contributed by atoms with Gasteiger partial charge in [0.2, 0.25) is 5.91 Å². The third-order valence-corrected chi connectivity index (χ3v) is 4.78. The van der Waals surface area contributed by atoms with Crippen LogP contribution in [0.2, 0.25) is 0 Å². The Kier molecular flexibility index (Phi) is 11.4. The number of likely N-dealkylation sites (tertiary alicyclic amines) is 1. The van der Waals surface area contributed by atoms with Crippen molar-refractivity contribution in [1.82, 2.24) is 20.0 Å². The molecular weight excluding hydrogens is 323 g/mol. The minimum absolute atomic E-state index is 0. The van der Waals surface area contributed by atoms with Gasteiger partial charge in [0.1, 0.15) is 0 Å². The molecule has 0 atom stereocenters. The highest BCUT2D eigenvalue weighted by atomic mass is 35.5. The van der Waals surface area contributed by atoms with E-state index in [1.54, 1.807) is 0 Å². The van der Waals surface area contributed by atoms with Crippen molar-refractivity contribution in [2.45, 2.75) is 32.2 Å². The van der Waals surface area contributed by atoms with Gasteiger partial charge in [0.15, 0.2) is 0 Å². The topological polar surface area (TPSA) is 38.8 Å². The van der Waals surface area contributed by atoms with Crippen molar-refractivity contribution < 1.29 is 4.79 Å². The Morgan fingerprint density at radius 2 is 1.73 bits per heavy atom. The Morgan fingerprint density at radius 1 is 1.14 bits per heavy atom. The van der Waals surface area contributed by atoms with Crippen LogP contribution in [0, 0.1) is 0 Å². The van der Waals surface area contributed by atoms with Crippen molar-refractivity contribution >= 4 is 30.7 Å². The molecule has 0 bridgehead atoms. The lowest BCUT2D eigenvalue weighted by atomic mass is 10.0. The van der Waals surface area contributed by atoms with Crippen molar-refractivity contribution in [2.75, 3.05) is 59.4 Å². The summed E-state index contributed by atoms with van der Waals surface area (Å²) in [5, 5.41) is 3.29. The second-order valence-corrected chi connectivity index (χ2v) is 6.03. The lowest BCUT2D eigenvalue weighted by Gasteiger charge is -2.36. The highest BCUT2D eigenvalue weighted by molar-refractivity contribution is 5.85. The maximum Gasteiger partial charge on any atom is 0.223 e. The van der Waals surface area contributed by atoms with Gasteiger partial charge >= 0.3 is 0 Å². The fourth-order valence-electron chi connectivity index (χ4n) is 3.20. The molecule has 0 saturated carbocycles. The largest absolute Gasteiger partial charge is 0.340 e. The summed E-state index contributed by atoms with van der Waals surface area (Å²) in [7, 11) is 2.18. The van der Waals surface area contributed by atoms with Crippen LogP contribution < -0.4 is 5.32 Å². The molecule has 22 heavy (non-hydrogen) atoms. The summed E-state index contributed by atoms with van der Waals surface area (Å²) in [4.78, 5) is 19.1. The van der Waals surface area contributed by atoms with Crippen molar-refractivity contribution in [2.24, 2.45) is 0 Å². The zero-order valence-corrected chi connectivity index (χ0v) is 15.6. The van der Waals surface area contributed by atoms with E-state index in [-0.39, 0.29) is 24.8 Å². The van der Waals surface area contributed by atoms with Gasteiger partial charge in [-0.15, -0.1) is 24.8 Å². The van der Waals surface area contributed by atoms with E-state index in [4.69, 9.17) is 0 Å². The minimum Gasteiger partial charge on any atom is -0.340 e. The minimum atomic E-state index is 0. The van der Waals surface area contributed by atoms with E-state index in [9.17, 15) is 4.79 Å². The lowest BCUT2D eigenvalue weighted by Crippen LogP contribution is -2.48. The number of piperazine rings is 1. The standard InChI is InChI=1S/C15H30N4O.2ClH/c1-3-18-10-4-14(5-11-18)17(2)9-6-15(20)19-12-7-16-8-13-19;;/h14,16H,3-13H2,1-2H3;2*1H. The third-order valence-electron chi connectivity index (χ3n) is 4.78. The molecule has 1 N–H and O–H groups in total. The van der Waals surface area contributed by atoms with E-state index in [1.807, 2.05) is 4.90 Å². The molecule has 0 aromatic carbocycles. The Labute approximate surface area is 147 Å². The summed E-state index contributed by atoms with van der Waals surface area (Å²) in [5.74, 6) is 0.323. The first-order valence-electron chi connectivity index (χ1n) is 8.11. The fourth-order valence-corrected chi connectivity index (χ4v) is 3.20. The van der Waals surface area contributed by atoms with Crippen LogP contribution in [-0.2, 0) is 4.79 Å². The second-order valence-electron chi connectivity index (χ2n) is 6.03. The summed E-state index contributed by atoms with van der Waals surface area (Å²) in [5.41, 5.74) is 0. The smallest absolute Gasteiger partial charge is 0.223 e. The predicted octanol–water partition coefficient (Wildman–Crippen LogP) is 1.07. The number of hydrogen-bond donors (Lipinski definition) is 1. The van der Waals surface area contributed by atoms with Gasteiger partial charge in [-0.2, -0.15) is 0 Å². The van der Waals surface area contributed by atoms with Crippen molar-refractivity contribution in [3.05, 3.63) is 0 Å². The molecule has 2 aliphatic heterocycles. The van der Waals surface area contributed by atoms with Crippen LogP contribution in [-0.4, -0.2) is 86.1 Å². The molecule has 0 unspecified atom stereocenters. The Hall–Kier alpha value is -0.0700. The predicted molar refractivity (Wildman–Crippen MR) is 96.3 cm³/mol. The first kappa shape index (κ1) is 21.9. The third kappa shape index (κ3) is 6.59. The molecule has 0 aromatic heterocycles. The van der Waals surface area contributed by atoms with Gasteiger partial charge in [-0.1, -0.05) is 6.92 Å². The van der Waals surface area contributed by atoms with Gasteiger partial charge in [0.25, 0.3) is 0 Å². The number of rotatable bonds is 5. The monoisotopic (exact) mass is 354 g/mol. The first-order chi connectivity index (χ1) is 9.70. The SMILES string of the molecule is CCN1CCC(N(C)CCC(=O)N2CCNCC2)CC1.Cl.Cl. The van der Waals surface area contributed by atoms with Gasteiger partial charge in [-0.25, -0.2) is 0 Å². The average Bonchev–Trinajstić information content (AvgIpc) is 2.53. The Morgan fingerprint density at radius 3 is 2.27 bits per heavy atom. The summed E-state index contributed by atoms with van der Waals surface area (Å²) < 4.78 is 0. The zero-order valence-electron chi connectivity index (χ0n) is 13.9. The molecule has 2 fully saturated rings. The molecule has 2 aliphatic rings. The number of nitrogens with zero attached hydrogens (tertiary/aromatic N) is 3. The van der Waals surface area contributed by atoms with Crippen LogP contribution in [0.3, 0.4) is 0 Å². The Bertz CT molecular complexity index is 306. The van der Waals surface area contributed by atoms with E-state index in [2.05, 4.69) is 29.1 Å². The number of piperidine rings is 1. The maximum atomic E-state index is 12.1. The normalized spacial score (nSPS) is 20.4. The number of nitrogens with one attached hydrogen (secondary N) is 1. The van der Waals surface area contributed by atoms with E-state index in [1.165, 1.54) is 25.9 Å². The number of carbonyl (C=O) groups excluding carboxylic acids is 1. The van der Waals surface area contributed by atoms with E-state index < -0.39 is 0 Å². The Balaban J connectivity index is 0.00000220. The van der Waals surface area contributed by atoms with Crippen LogP contribution in [0.15, 0.2) is 0 Å². The average molecular weight is 355 g/mol. The first-order valence-corrected chi connectivity index (χ1v) is 8.11. The van der Waals surface area contributed by atoms with Gasteiger partial charge in [0, 0.05) is 45.2 Å². The molecule has 5 nitrogen and oxygen atoms in total. The number of halogens is 2. The molecule has 0 spiro atoms. The molecule has 0 aliphatic carbocycles. The van der Waals surface area contributed by atoms with Gasteiger partial charge in [-0.3, -0.25) is 4.79 Å². The molecule has 1 amide bonds. The second kappa shape index (κ2) is 11.5. The van der Waals surface area contributed by atoms with Crippen molar-refractivity contribution in [3.63, 3.8) is 0 Å². The van der Waals surface area contributed by atoms with Crippen LogP contribution in [0.4, 0.5) is 0 Å². The maximum absolute atomic E-state index is 12.1. The molecule has 132 valence electrons. The number of amides is 1. The summed E-state index contributed by atoms with van der Waals surface area (Å²) in [6.07, 6.45) is 3.16. The van der Waals surface area contributed by atoms with E-state index in [0.717, 1.165) is 39.3 Å². The van der Waals surface area contributed by atoms with Gasteiger partial charge in [-0.05, 0) is 39.5 Å². The van der Waals surface area contributed by atoms with Gasteiger partial charge in [0.05, 0.1) is 0 Å². The van der Waals surface area contributed by atoms with Crippen LogP contribution >= 0.6 is 24.8 Å². The highest BCUT2D eigenvalue weighted by Gasteiger charge is 2.23. The number of carbonyl (C=O) groups is 1. The van der Waals surface area contributed by atoms with E-state index in [0.29, 0.717) is 18.4 Å². The lowest BCUT2D eigenvalue weighted by molar-refractivity contribution is -0.132. The summed E-state index contributed by atoms with van der Waals surface area (Å²) in [6, 6.07) is 0.661. The van der Waals surface area contributed by atoms with Crippen molar-refractivity contribution in [3.8, 4) is 0 Å². The fraction of sp³-hybridized carbons (Fsp3) is 0.933. The summed E-state index contributed by atoms with van der Waals surface area (Å²) in [6.45, 7) is 10.3. The molecule has 0 aromatic rings.